The number of hydrogen-bond donors (Lipinski definition) is 2. The summed E-state index contributed by atoms with van der Waals surface area (Å²) in [7, 11) is 0. The summed E-state index contributed by atoms with van der Waals surface area (Å²) < 4.78 is 5.61. The molecule has 1 saturated carbocycles. The Kier molecular flexibility index (Phi) is 6.89. The number of amides is 3. The van der Waals surface area contributed by atoms with Crippen LogP contribution in [0.3, 0.4) is 0 Å². The molecule has 2 aliphatic rings. The van der Waals surface area contributed by atoms with Crippen LogP contribution in [0.5, 0.6) is 0 Å². The summed E-state index contributed by atoms with van der Waals surface area (Å²) in [5.41, 5.74) is 2.19. The molecule has 0 bridgehead atoms. The van der Waals surface area contributed by atoms with E-state index >= 15 is 0 Å². The summed E-state index contributed by atoms with van der Waals surface area (Å²) in [5, 5.41) is 8.34. The fourth-order valence-electron chi connectivity index (χ4n) is 6.24. The van der Waals surface area contributed by atoms with Gasteiger partial charge in [0.15, 0.2) is 0 Å². The van der Waals surface area contributed by atoms with Gasteiger partial charge in [-0.05, 0) is 85.9 Å². The van der Waals surface area contributed by atoms with Gasteiger partial charge in [-0.1, -0.05) is 62.4 Å². The Morgan fingerprint density at radius 2 is 1.75 bits per heavy atom. The zero-order chi connectivity index (χ0) is 29.0. The maximum Gasteiger partial charge on any atom is 0.410 e. The third-order valence-corrected chi connectivity index (χ3v) is 8.49. The Labute approximate surface area is 240 Å². The fourth-order valence-corrected chi connectivity index (χ4v) is 6.24. The third kappa shape index (κ3) is 5.17. The van der Waals surface area contributed by atoms with Crippen molar-refractivity contribution in [1.29, 1.82) is 0 Å². The number of nitrogens with one attached hydrogen (secondary N) is 2. The molecule has 1 heterocycles. The number of nitrogens with zero attached hydrogens (tertiary/aromatic N) is 1. The van der Waals surface area contributed by atoms with Gasteiger partial charge >= 0.3 is 6.09 Å². The highest BCUT2D eigenvalue weighted by Crippen LogP contribution is 2.65. The molecule has 1 aliphatic heterocycles. The number of carbonyl (C=O) groups excluding carboxylic acids is 3. The van der Waals surface area contributed by atoms with Crippen LogP contribution >= 0.6 is 0 Å². The van der Waals surface area contributed by atoms with Crippen LogP contribution in [0.2, 0.25) is 0 Å². The lowest BCUT2D eigenvalue weighted by molar-refractivity contribution is -0.121. The number of benzene rings is 3. The Morgan fingerprint density at radius 1 is 1.05 bits per heavy atom. The van der Waals surface area contributed by atoms with Crippen LogP contribution in [-0.2, 0) is 9.53 Å². The highest BCUT2D eigenvalue weighted by molar-refractivity contribution is 6.01. The molecule has 7 heteroatoms. The van der Waals surface area contributed by atoms with E-state index in [4.69, 9.17) is 4.74 Å². The minimum absolute atomic E-state index is 0. The van der Waals surface area contributed by atoms with Crippen LogP contribution in [0.1, 0.15) is 73.3 Å². The van der Waals surface area contributed by atoms with E-state index in [1.807, 2.05) is 65.0 Å². The second-order valence-electron chi connectivity index (χ2n) is 12.8. The van der Waals surface area contributed by atoms with Crippen LogP contribution in [0, 0.1) is 24.2 Å². The Hall–Kier alpha value is -3.87. The first-order valence-corrected chi connectivity index (χ1v) is 14.0. The van der Waals surface area contributed by atoms with Crippen molar-refractivity contribution in [3.8, 4) is 0 Å². The van der Waals surface area contributed by atoms with Gasteiger partial charge in [0, 0.05) is 22.1 Å². The molecule has 2 fully saturated rings. The quantitative estimate of drug-likeness (QED) is 0.353. The number of likely N-dealkylation sites (tertiary alicyclic amines) is 1. The number of hydrogen-bond acceptors (Lipinski definition) is 4. The standard InChI is InChI=1S/C33H39N3O4.3H2/c1-19-15-16-22(17-25(19)29(37)34-20(2)23-14-10-12-21-11-8-9-13-24(21)23)35-30(38)28-27-26(33(27,6)7)18-36(28)31(39)40-32(3,4)5;;;/h8-17,20,26-28H,18H2,1-7H3,(H,34,37)(H,35,38);3*1H/t20-,26+,27?,28+;;;/m1.../s1. The number of fused-ring (bicyclic) bond motifs is 2. The summed E-state index contributed by atoms with van der Waals surface area (Å²) >= 11 is 0. The SMILES string of the molecule is Cc1ccc(NC(=O)[C@@H]2C3[C@H](CN2C(=O)OC(C)(C)C)C3(C)C)cc1C(=O)N[C@H](C)c1cccc2ccccc12.[HH].[HH].[HH]. The average Bonchev–Trinajstić information content (AvgIpc) is 3.21. The molecule has 216 valence electrons. The van der Waals surface area contributed by atoms with E-state index in [1.165, 1.54) is 0 Å². The molecule has 0 radical (unpaired) electrons. The van der Waals surface area contributed by atoms with Crippen molar-refractivity contribution in [3.05, 3.63) is 77.4 Å². The van der Waals surface area contributed by atoms with E-state index in [1.54, 1.807) is 17.0 Å². The van der Waals surface area contributed by atoms with Gasteiger partial charge in [0.25, 0.3) is 5.91 Å². The first-order valence-electron chi connectivity index (χ1n) is 14.0. The van der Waals surface area contributed by atoms with Gasteiger partial charge in [-0.25, -0.2) is 4.79 Å². The number of anilines is 1. The van der Waals surface area contributed by atoms with Gasteiger partial charge in [-0.2, -0.15) is 0 Å². The summed E-state index contributed by atoms with van der Waals surface area (Å²) in [4.78, 5) is 41.5. The molecular formula is C33H45N3O4. The fraction of sp³-hybridized carbons (Fsp3) is 0.424. The van der Waals surface area contributed by atoms with Crippen molar-refractivity contribution in [1.82, 2.24) is 10.2 Å². The van der Waals surface area contributed by atoms with Crippen molar-refractivity contribution in [2.45, 2.75) is 66.2 Å². The Bertz CT molecular complexity index is 1500. The molecule has 4 atom stereocenters. The third-order valence-electron chi connectivity index (χ3n) is 8.49. The highest BCUT2D eigenvalue weighted by Gasteiger charge is 2.69. The van der Waals surface area contributed by atoms with Crippen molar-refractivity contribution in [2.24, 2.45) is 17.3 Å². The summed E-state index contributed by atoms with van der Waals surface area (Å²) in [5.74, 6) is -0.155. The maximum absolute atomic E-state index is 13.6. The van der Waals surface area contributed by atoms with E-state index in [-0.39, 0.29) is 39.4 Å². The predicted octanol–water partition coefficient (Wildman–Crippen LogP) is 7.21. The zero-order valence-corrected chi connectivity index (χ0v) is 24.4. The van der Waals surface area contributed by atoms with Crippen LogP contribution in [0.4, 0.5) is 10.5 Å². The number of rotatable bonds is 5. The highest BCUT2D eigenvalue weighted by atomic mass is 16.6. The van der Waals surface area contributed by atoms with Crippen molar-refractivity contribution in [3.63, 3.8) is 0 Å². The Balaban J connectivity index is 0.00000215. The molecular weight excluding hydrogens is 502 g/mol. The molecule has 3 aromatic rings. The smallest absolute Gasteiger partial charge is 0.410 e. The van der Waals surface area contributed by atoms with Gasteiger partial charge in [-0.3, -0.25) is 14.5 Å². The number of piperidine rings is 1. The maximum atomic E-state index is 13.6. The lowest BCUT2D eigenvalue weighted by Crippen LogP contribution is -2.49. The van der Waals surface area contributed by atoms with Crippen LogP contribution in [-0.4, -0.2) is 41.0 Å². The molecule has 7 nitrogen and oxygen atoms in total. The van der Waals surface area contributed by atoms with Crippen molar-refractivity contribution in [2.75, 3.05) is 11.9 Å². The normalized spacial score (nSPS) is 21.9. The lowest BCUT2D eigenvalue weighted by atomic mass is 9.99. The van der Waals surface area contributed by atoms with E-state index in [0.29, 0.717) is 17.8 Å². The topological polar surface area (TPSA) is 87.7 Å². The van der Waals surface area contributed by atoms with Gasteiger partial charge in [-0.15, -0.1) is 0 Å². The number of aryl methyl sites for hydroxylation is 1. The van der Waals surface area contributed by atoms with E-state index in [0.717, 1.165) is 21.9 Å². The molecule has 0 spiro atoms. The molecule has 3 amide bonds. The van der Waals surface area contributed by atoms with Gasteiger partial charge in [0.1, 0.15) is 11.6 Å². The van der Waals surface area contributed by atoms with E-state index < -0.39 is 17.7 Å². The van der Waals surface area contributed by atoms with Crippen molar-refractivity contribution < 1.29 is 23.4 Å². The van der Waals surface area contributed by atoms with Crippen LogP contribution in [0.15, 0.2) is 60.7 Å². The second kappa shape index (κ2) is 9.95. The van der Waals surface area contributed by atoms with Crippen LogP contribution < -0.4 is 10.6 Å². The minimum atomic E-state index is -0.650. The zero-order valence-electron chi connectivity index (χ0n) is 24.4. The molecule has 0 aromatic heterocycles. The summed E-state index contributed by atoms with van der Waals surface area (Å²) in [6, 6.07) is 18.7. The number of carbonyl (C=O) groups is 3. The van der Waals surface area contributed by atoms with E-state index in [2.05, 4.69) is 42.7 Å². The molecule has 40 heavy (non-hydrogen) atoms. The van der Waals surface area contributed by atoms with Crippen LogP contribution in [0.25, 0.3) is 10.8 Å². The number of ether oxygens (including phenoxy) is 1. The molecule has 1 aliphatic carbocycles. The monoisotopic (exact) mass is 547 g/mol. The Morgan fingerprint density at radius 3 is 2.48 bits per heavy atom. The lowest BCUT2D eigenvalue weighted by Gasteiger charge is -2.32. The first kappa shape index (κ1) is 27.7. The summed E-state index contributed by atoms with van der Waals surface area (Å²) in [6.07, 6.45) is -0.470. The molecule has 1 saturated heterocycles. The van der Waals surface area contributed by atoms with Crippen molar-refractivity contribution >= 4 is 34.4 Å². The molecule has 5 rings (SSSR count). The molecule has 2 N–H and O–H groups in total. The minimum Gasteiger partial charge on any atom is -0.444 e. The first-order chi connectivity index (χ1) is 18.8. The largest absolute Gasteiger partial charge is 0.444 e. The summed E-state index contributed by atoms with van der Waals surface area (Å²) in [6.45, 7) is 14.1. The molecule has 3 aromatic carbocycles. The molecule has 1 unspecified atom stereocenters. The second-order valence-corrected chi connectivity index (χ2v) is 12.8. The van der Waals surface area contributed by atoms with E-state index in [9.17, 15) is 14.4 Å². The van der Waals surface area contributed by atoms with Gasteiger partial charge in [0.05, 0.1) is 6.04 Å². The van der Waals surface area contributed by atoms with Gasteiger partial charge < -0.3 is 15.4 Å². The van der Waals surface area contributed by atoms with Gasteiger partial charge in [0.2, 0.25) is 5.91 Å². The average molecular weight is 548 g/mol. The predicted molar refractivity (Wildman–Crippen MR) is 163 cm³/mol.